The highest BCUT2D eigenvalue weighted by molar-refractivity contribution is 6.06. The average molecular weight is 465 g/mol. The second-order valence-electron chi connectivity index (χ2n) is 8.79. The molecule has 1 aromatic carbocycles. The maximum atomic E-state index is 13.7. The number of aryl methyl sites for hydroxylation is 2. The van der Waals surface area contributed by atoms with Crippen LogP contribution >= 0.6 is 0 Å². The normalized spacial score (nSPS) is 13.9. The second-order valence-corrected chi connectivity index (χ2v) is 8.79. The number of fused-ring (bicyclic) bond motifs is 1. The van der Waals surface area contributed by atoms with Gasteiger partial charge in [-0.1, -0.05) is 19.9 Å². The van der Waals surface area contributed by atoms with E-state index in [1.807, 2.05) is 37.1 Å². The van der Waals surface area contributed by atoms with E-state index in [0.29, 0.717) is 42.3 Å². The fourth-order valence-electron chi connectivity index (χ4n) is 4.50. The van der Waals surface area contributed by atoms with Crippen molar-refractivity contribution in [1.82, 2.24) is 19.7 Å². The molecule has 0 radical (unpaired) electrons. The van der Waals surface area contributed by atoms with Crippen molar-refractivity contribution < 1.29 is 19.0 Å². The molecule has 3 aromatic rings. The van der Waals surface area contributed by atoms with Crippen molar-refractivity contribution in [3.05, 3.63) is 46.8 Å². The minimum Gasteiger partial charge on any atom is -0.496 e. The van der Waals surface area contributed by atoms with Crippen LogP contribution in [0.5, 0.6) is 17.2 Å². The molecule has 0 bridgehead atoms. The summed E-state index contributed by atoms with van der Waals surface area (Å²) in [4.78, 5) is 20.3. The maximum Gasteiger partial charge on any atom is 0.255 e. The first-order chi connectivity index (χ1) is 16.3. The van der Waals surface area contributed by atoms with Gasteiger partial charge in [-0.05, 0) is 30.9 Å². The summed E-state index contributed by atoms with van der Waals surface area (Å²) in [6.07, 6.45) is 2.76. The third-order valence-corrected chi connectivity index (χ3v) is 6.34. The number of hydrogen-bond donors (Lipinski definition) is 0. The van der Waals surface area contributed by atoms with Crippen molar-refractivity contribution in [3.8, 4) is 17.2 Å². The van der Waals surface area contributed by atoms with Crippen molar-refractivity contribution in [1.29, 1.82) is 0 Å². The van der Waals surface area contributed by atoms with E-state index in [9.17, 15) is 4.79 Å². The van der Waals surface area contributed by atoms with Gasteiger partial charge in [-0.15, -0.1) is 0 Å². The monoisotopic (exact) mass is 464 g/mol. The molecule has 0 fully saturated rings. The van der Waals surface area contributed by atoms with Crippen LogP contribution in [0.4, 0.5) is 0 Å². The molecule has 1 aliphatic heterocycles. The number of rotatable bonds is 6. The number of carbonyl (C=O) groups excluding carboxylic acids is 1. The number of ether oxygens (including phenoxy) is 3. The summed E-state index contributed by atoms with van der Waals surface area (Å²) < 4.78 is 18.4. The summed E-state index contributed by atoms with van der Waals surface area (Å²) in [5, 5.41) is 5.34. The zero-order valence-corrected chi connectivity index (χ0v) is 20.9. The molecule has 8 heteroatoms. The zero-order valence-electron chi connectivity index (χ0n) is 20.9. The lowest BCUT2D eigenvalue weighted by Crippen LogP contribution is -2.35. The van der Waals surface area contributed by atoms with E-state index in [0.717, 1.165) is 33.6 Å². The molecule has 180 valence electrons. The summed E-state index contributed by atoms with van der Waals surface area (Å²) in [5.74, 6) is 2.24. The van der Waals surface area contributed by atoms with E-state index in [4.69, 9.17) is 19.2 Å². The molecule has 3 heterocycles. The molecular formula is C26H32N4O4. The number of nitrogens with zero attached hydrogens (tertiary/aromatic N) is 4. The Morgan fingerprint density at radius 2 is 1.74 bits per heavy atom. The zero-order chi connectivity index (χ0) is 24.6. The van der Waals surface area contributed by atoms with E-state index in [2.05, 4.69) is 25.0 Å². The summed E-state index contributed by atoms with van der Waals surface area (Å²) >= 11 is 0. The molecule has 4 rings (SSSR count). The van der Waals surface area contributed by atoms with Gasteiger partial charge in [0.25, 0.3) is 5.91 Å². The van der Waals surface area contributed by atoms with Crippen molar-refractivity contribution in [2.75, 3.05) is 34.4 Å². The van der Waals surface area contributed by atoms with Crippen LogP contribution in [0, 0.1) is 6.92 Å². The third kappa shape index (κ3) is 4.08. The van der Waals surface area contributed by atoms with Crippen molar-refractivity contribution in [2.45, 2.75) is 33.1 Å². The molecule has 0 saturated carbocycles. The Bertz CT molecular complexity index is 1250. The summed E-state index contributed by atoms with van der Waals surface area (Å²) in [6, 6.07) is 5.63. The van der Waals surface area contributed by atoms with Gasteiger partial charge in [0.1, 0.15) is 17.2 Å². The SMILES string of the molecule is COc1cc(OC)c(C2=CCN(C(=O)c3cc(C(C)C)nc4c3c(C)nn4C)CC2)c(OC)c1. The van der Waals surface area contributed by atoms with Crippen LogP contribution in [0.3, 0.4) is 0 Å². The number of methoxy groups -OCH3 is 3. The third-order valence-electron chi connectivity index (χ3n) is 6.34. The quantitative estimate of drug-likeness (QED) is 0.540. The molecule has 0 unspecified atom stereocenters. The minimum absolute atomic E-state index is 0.00522. The van der Waals surface area contributed by atoms with Crippen LogP contribution in [0.2, 0.25) is 0 Å². The van der Waals surface area contributed by atoms with Gasteiger partial charge in [0.2, 0.25) is 0 Å². The van der Waals surface area contributed by atoms with Crippen LogP contribution in [0.1, 0.15) is 53.5 Å². The topological polar surface area (TPSA) is 78.7 Å². The van der Waals surface area contributed by atoms with Gasteiger partial charge in [0.15, 0.2) is 5.65 Å². The number of hydrogen-bond acceptors (Lipinski definition) is 6. The lowest BCUT2D eigenvalue weighted by molar-refractivity contribution is 0.0774. The maximum absolute atomic E-state index is 13.7. The average Bonchev–Trinajstić information content (AvgIpc) is 3.15. The highest BCUT2D eigenvalue weighted by Gasteiger charge is 2.27. The number of aromatic nitrogens is 3. The Balaban J connectivity index is 1.69. The van der Waals surface area contributed by atoms with Gasteiger partial charge in [-0.25, -0.2) is 4.98 Å². The van der Waals surface area contributed by atoms with Gasteiger partial charge in [0.05, 0.1) is 43.5 Å². The minimum atomic E-state index is -0.00522. The van der Waals surface area contributed by atoms with E-state index < -0.39 is 0 Å². The van der Waals surface area contributed by atoms with Gasteiger partial charge in [-0.2, -0.15) is 5.10 Å². The molecule has 0 N–H and O–H groups in total. The van der Waals surface area contributed by atoms with Crippen LogP contribution < -0.4 is 14.2 Å². The Labute approximate surface area is 200 Å². The summed E-state index contributed by atoms with van der Waals surface area (Å²) in [7, 11) is 6.75. The predicted octanol–water partition coefficient (Wildman–Crippen LogP) is 4.36. The Hall–Kier alpha value is -3.55. The molecule has 1 amide bonds. The molecule has 0 spiro atoms. The van der Waals surface area contributed by atoms with E-state index >= 15 is 0 Å². The summed E-state index contributed by atoms with van der Waals surface area (Å²) in [6.45, 7) is 7.16. The molecule has 8 nitrogen and oxygen atoms in total. The lowest BCUT2D eigenvalue weighted by atomic mass is 9.96. The van der Waals surface area contributed by atoms with Gasteiger partial charge in [0, 0.05) is 38.0 Å². The van der Waals surface area contributed by atoms with Crippen LogP contribution in [0.25, 0.3) is 16.6 Å². The number of pyridine rings is 1. The van der Waals surface area contributed by atoms with Gasteiger partial charge >= 0.3 is 0 Å². The fourth-order valence-corrected chi connectivity index (χ4v) is 4.50. The molecule has 2 aromatic heterocycles. The Morgan fingerprint density at radius 3 is 2.26 bits per heavy atom. The van der Waals surface area contributed by atoms with Gasteiger partial charge in [-0.3, -0.25) is 9.48 Å². The summed E-state index contributed by atoms with van der Waals surface area (Å²) in [5.41, 5.74) is 5.09. The predicted molar refractivity (Wildman–Crippen MR) is 132 cm³/mol. The standard InChI is InChI=1S/C26H32N4O4/c1-15(2)20-14-19(23-16(3)28-29(4)25(23)27-20)26(31)30-10-8-17(9-11-30)24-21(33-6)12-18(32-5)13-22(24)34-7/h8,12-15H,9-11H2,1-7H3. The van der Waals surface area contributed by atoms with E-state index in [1.165, 1.54) is 0 Å². The number of benzene rings is 1. The van der Waals surface area contributed by atoms with Crippen molar-refractivity contribution in [3.63, 3.8) is 0 Å². The highest BCUT2D eigenvalue weighted by Crippen LogP contribution is 2.41. The molecule has 1 aliphatic rings. The van der Waals surface area contributed by atoms with Crippen LogP contribution in [-0.4, -0.2) is 60.0 Å². The first kappa shape index (κ1) is 23.6. The fraction of sp³-hybridized carbons (Fsp3) is 0.423. The van der Waals surface area contributed by atoms with E-state index in [1.54, 1.807) is 26.0 Å². The molecule has 0 aliphatic carbocycles. The van der Waals surface area contributed by atoms with Crippen LogP contribution in [0.15, 0.2) is 24.3 Å². The second kappa shape index (κ2) is 9.37. The molecule has 0 saturated heterocycles. The van der Waals surface area contributed by atoms with Crippen LogP contribution in [-0.2, 0) is 7.05 Å². The highest BCUT2D eigenvalue weighted by atomic mass is 16.5. The molecular weight excluding hydrogens is 432 g/mol. The smallest absolute Gasteiger partial charge is 0.255 e. The van der Waals surface area contributed by atoms with Crippen molar-refractivity contribution in [2.24, 2.45) is 7.05 Å². The first-order valence-corrected chi connectivity index (χ1v) is 11.4. The van der Waals surface area contributed by atoms with E-state index in [-0.39, 0.29) is 11.8 Å². The van der Waals surface area contributed by atoms with Gasteiger partial charge < -0.3 is 19.1 Å². The van der Waals surface area contributed by atoms with Crippen molar-refractivity contribution >= 4 is 22.5 Å². The Morgan fingerprint density at radius 1 is 1.06 bits per heavy atom. The number of amides is 1. The number of carbonyl (C=O) groups is 1. The molecule has 34 heavy (non-hydrogen) atoms. The largest absolute Gasteiger partial charge is 0.496 e. The Kier molecular flexibility index (Phi) is 6.50. The lowest BCUT2D eigenvalue weighted by Gasteiger charge is -2.28. The molecule has 0 atom stereocenters. The first-order valence-electron chi connectivity index (χ1n) is 11.4.